The lowest BCUT2D eigenvalue weighted by molar-refractivity contribution is -0.140. The number of carbonyl (C=O) groups excluding carboxylic acids is 1. The first kappa shape index (κ1) is 17.2. The summed E-state index contributed by atoms with van der Waals surface area (Å²) in [4.78, 5) is 13.9. The Balaban J connectivity index is 2.01. The summed E-state index contributed by atoms with van der Waals surface area (Å²) in [6, 6.07) is 3.13. The van der Waals surface area contributed by atoms with Gasteiger partial charge < -0.3 is 15.4 Å². The van der Waals surface area contributed by atoms with Crippen LogP contribution < -0.4 is 5.73 Å². The molecule has 4 nitrogen and oxygen atoms in total. The smallest absolute Gasteiger partial charge is 0.239 e. The first-order valence-electron chi connectivity index (χ1n) is 7.12. The molecule has 22 heavy (non-hydrogen) atoms. The largest absolute Gasteiger partial charge is 0.370 e. The Hall–Kier alpha value is -1.18. The molecule has 1 saturated heterocycles. The highest BCUT2D eigenvalue weighted by Gasteiger charge is 2.28. The molecule has 0 spiro atoms. The molecule has 0 aliphatic carbocycles. The lowest BCUT2D eigenvalue weighted by Gasteiger charge is -2.34. The van der Waals surface area contributed by atoms with E-state index in [9.17, 15) is 13.6 Å². The van der Waals surface area contributed by atoms with Crippen molar-refractivity contribution in [1.82, 2.24) is 4.90 Å². The highest BCUT2D eigenvalue weighted by atomic mass is 32.2. The van der Waals surface area contributed by atoms with E-state index in [1.807, 2.05) is 6.26 Å². The van der Waals surface area contributed by atoms with Crippen molar-refractivity contribution in [2.45, 2.75) is 18.6 Å². The van der Waals surface area contributed by atoms with Crippen LogP contribution in [0.15, 0.2) is 18.2 Å². The summed E-state index contributed by atoms with van der Waals surface area (Å²) in [5.74, 6) is -1.11. The Morgan fingerprint density at radius 3 is 2.95 bits per heavy atom. The van der Waals surface area contributed by atoms with E-state index in [1.54, 1.807) is 16.7 Å². The Kier molecular flexibility index (Phi) is 6.16. The maximum atomic E-state index is 13.3. The van der Waals surface area contributed by atoms with Crippen molar-refractivity contribution in [2.75, 3.05) is 31.7 Å². The minimum Gasteiger partial charge on any atom is -0.370 e. The molecule has 1 amide bonds. The SMILES string of the molecule is CSCC[C@@H](N)C(=O)N1CCO[C@H](c2ccc(F)c(F)c2)C1. The van der Waals surface area contributed by atoms with Gasteiger partial charge in [0.2, 0.25) is 5.91 Å². The van der Waals surface area contributed by atoms with E-state index >= 15 is 0 Å². The van der Waals surface area contributed by atoms with Crippen LogP contribution >= 0.6 is 11.8 Å². The summed E-state index contributed by atoms with van der Waals surface area (Å²) in [5.41, 5.74) is 6.43. The lowest BCUT2D eigenvalue weighted by Crippen LogP contribution is -2.49. The van der Waals surface area contributed by atoms with E-state index in [4.69, 9.17) is 10.5 Å². The molecule has 1 aromatic rings. The first-order valence-corrected chi connectivity index (χ1v) is 8.52. The Morgan fingerprint density at radius 1 is 1.50 bits per heavy atom. The zero-order valence-corrected chi connectivity index (χ0v) is 13.2. The van der Waals surface area contributed by atoms with Crippen molar-refractivity contribution >= 4 is 17.7 Å². The average molecular weight is 330 g/mol. The summed E-state index contributed by atoms with van der Waals surface area (Å²) in [5, 5.41) is 0. The van der Waals surface area contributed by atoms with Crippen molar-refractivity contribution in [3.05, 3.63) is 35.4 Å². The third-order valence-electron chi connectivity index (χ3n) is 3.64. The maximum Gasteiger partial charge on any atom is 0.239 e. The van der Waals surface area contributed by atoms with E-state index < -0.39 is 23.8 Å². The monoisotopic (exact) mass is 330 g/mol. The van der Waals surface area contributed by atoms with Gasteiger partial charge in [0, 0.05) is 6.54 Å². The molecule has 0 bridgehead atoms. The van der Waals surface area contributed by atoms with Gasteiger partial charge in [0.05, 0.1) is 19.2 Å². The van der Waals surface area contributed by atoms with Crippen molar-refractivity contribution in [3.8, 4) is 0 Å². The van der Waals surface area contributed by atoms with Gasteiger partial charge in [-0.1, -0.05) is 6.07 Å². The molecule has 0 radical (unpaired) electrons. The summed E-state index contributed by atoms with van der Waals surface area (Å²) in [6.45, 7) is 1.12. The standard InChI is InChI=1S/C15H20F2N2O2S/c1-22-7-4-13(18)15(20)19-5-6-21-14(9-19)10-2-3-11(16)12(17)8-10/h2-3,8,13-14H,4-7,9,18H2,1H3/t13-,14+/m1/s1. The van der Waals surface area contributed by atoms with Gasteiger partial charge in [-0.3, -0.25) is 4.79 Å². The second kappa shape index (κ2) is 7.89. The van der Waals surface area contributed by atoms with Gasteiger partial charge in [0.1, 0.15) is 6.10 Å². The first-order chi connectivity index (χ1) is 10.5. The number of benzene rings is 1. The number of ether oxygens (including phenoxy) is 1. The number of hydrogen-bond acceptors (Lipinski definition) is 4. The van der Waals surface area contributed by atoms with Crippen LogP contribution in [0.4, 0.5) is 8.78 Å². The molecule has 7 heteroatoms. The van der Waals surface area contributed by atoms with Crippen LogP contribution in [0.2, 0.25) is 0 Å². The third kappa shape index (κ3) is 4.18. The normalized spacial score (nSPS) is 20.0. The fourth-order valence-corrected chi connectivity index (χ4v) is 2.86. The minimum absolute atomic E-state index is 0.120. The van der Waals surface area contributed by atoms with Gasteiger partial charge in [-0.25, -0.2) is 8.78 Å². The molecule has 0 unspecified atom stereocenters. The van der Waals surface area contributed by atoms with Crippen LogP contribution in [0.1, 0.15) is 18.1 Å². The molecule has 1 aliphatic heterocycles. The molecule has 1 fully saturated rings. The van der Waals surface area contributed by atoms with Crippen LogP contribution in [-0.2, 0) is 9.53 Å². The molecular formula is C15H20F2N2O2S. The van der Waals surface area contributed by atoms with Gasteiger partial charge in [-0.05, 0) is 36.1 Å². The number of hydrogen-bond donors (Lipinski definition) is 1. The summed E-state index contributed by atoms with van der Waals surface area (Å²) in [6.07, 6.45) is 2.12. The number of thioether (sulfide) groups is 1. The Morgan fingerprint density at radius 2 is 2.27 bits per heavy atom. The second-order valence-electron chi connectivity index (χ2n) is 5.21. The van der Waals surface area contributed by atoms with E-state index in [2.05, 4.69) is 0 Å². The van der Waals surface area contributed by atoms with Crippen molar-refractivity contribution in [2.24, 2.45) is 5.73 Å². The summed E-state index contributed by atoms with van der Waals surface area (Å²) >= 11 is 1.64. The van der Waals surface area contributed by atoms with Crippen LogP contribution in [0, 0.1) is 11.6 Å². The average Bonchev–Trinajstić information content (AvgIpc) is 2.54. The number of nitrogens with two attached hydrogens (primary N) is 1. The number of rotatable bonds is 5. The van der Waals surface area contributed by atoms with Crippen molar-refractivity contribution in [1.29, 1.82) is 0 Å². The summed E-state index contributed by atoms with van der Waals surface area (Å²) in [7, 11) is 0. The molecule has 2 atom stereocenters. The second-order valence-corrected chi connectivity index (χ2v) is 6.19. The highest BCUT2D eigenvalue weighted by molar-refractivity contribution is 7.98. The predicted octanol–water partition coefficient (Wildman–Crippen LogP) is 1.95. The lowest BCUT2D eigenvalue weighted by atomic mass is 10.1. The molecule has 2 N–H and O–H groups in total. The highest BCUT2D eigenvalue weighted by Crippen LogP contribution is 2.24. The topological polar surface area (TPSA) is 55.6 Å². The fourth-order valence-electron chi connectivity index (χ4n) is 2.37. The van der Waals surface area contributed by atoms with Crippen LogP contribution in [0.5, 0.6) is 0 Å². The molecule has 1 heterocycles. The van der Waals surface area contributed by atoms with E-state index in [1.165, 1.54) is 6.07 Å². The van der Waals surface area contributed by atoms with Crippen LogP contribution in [-0.4, -0.2) is 48.6 Å². The number of halogens is 2. The quantitative estimate of drug-likeness (QED) is 0.896. The van der Waals surface area contributed by atoms with E-state index in [0.717, 1.165) is 17.9 Å². The molecule has 2 rings (SSSR count). The predicted molar refractivity (Wildman–Crippen MR) is 82.6 cm³/mol. The summed E-state index contributed by atoms with van der Waals surface area (Å²) < 4.78 is 31.9. The van der Waals surface area contributed by atoms with Crippen molar-refractivity contribution < 1.29 is 18.3 Å². The molecule has 1 aliphatic rings. The zero-order chi connectivity index (χ0) is 16.1. The van der Waals surface area contributed by atoms with Gasteiger partial charge >= 0.3 is 0 Å². The van der Waals surface area contributed by atoms with Gasteiger partial charge in [0.25, 0.3) is 0 Å². The van der Waals surface area contributed by atoms with Crippen LogP contribution in [0.25, 0.3) is 0 Å². The Bertz CT molecular complexity index is 530. The molecular weight excluding hydrogens is 310 g/mol. The van der Waals surface area contributed by atoms with E-state index in [-0.39, 0.29) is 5.91 Å². The fraction of sp³-hybridized carbons (Fsp3) is 0.533. The minimum atomic E-state index is -0.916. The van der Waals surface area contributed by atoms with E-state index in [0.29, 0.717) is 31.7 Å². The maximum absolute atomic E-state index is 13.3. The molecule has 122 valence electrons. The van der Waals surface area contributed by atoms with Crippen LogP contribution in [0.3, 0.4) is 0 Å². The Labute approximate surface area is 133 Å². The van der Waals surface area contributed by atoms with Gasteiger partial charge in [-0.2, -0.15) is 11.8 Å². The number of amides is 1. The third-order valence-corrected chi connectivity index (χ3v) is 4.29. The molecule has 0 aromatic heterocycles. The molecule has 1 aromatic carbocycles. The van der Waals surface area contributed by atoms with Gasteiger partial charge in [0.15, 0.2) is 11.6 Å². The van der Waals surface area contributed by atoms with Crippen molar-refractivity contribution in [3.63, 3.8) is 0 Å². The van der Waals surface area contributed by atoms with Gasteiger partial charge in [-0.15, -0.1) is 0 Å². The number of carbonyl (C=O) groups is 1. The number of nitrogens with zero attached hydrogens (tertiary/aromatic N) is 1. The molecule has 0 saturated carbocycles. The number of morpholine rings is 1. The zero-order valence-electron chi connectivity index (χ0n) is 12.4.